The number of hydrogen-bond acceptors (Lipinski definition) is 2. The van der Waals surface area contributed by atoms with E-state index in [0.29, 0.717) is 16.5 Å². The summed E-state index contributed by atoms with van der Waals surface area (Å²) in [5, 5.41) is 0. The molecule has 0 spiro atoms. The van der Waals surface area contributed by atoms with Crippen LogP contribution >= 0.6 is 15.9 Å². The first kappa shape index (κ1) is 13.4. The highest BCUT2D eigenvalue weighted by molar-refractivity contribution is 9.09. The van der Waals surface area contributed by atoms with Crippen LogP contribution < -0.4 is 0 Å². The standard InChI is InChI=1S/C9H19BrO2S/c1-4-13(11,12)7-5-6-9(10)8(2)3/h8-9H,4-7H2,1-3H3. The Morgan fingerprint density at radius 1 is 1.31 bits per heavy atom. The summed E-state index contributed by atoms with van der Waals surface area (Å²) in [6, 6.07) is 0. The molecule has 0 bridgehead atoms. The second-order valence-corrected chi connectivity index (χ2v) is 7.29. The number of alkyl halides is 1. The molecule has 1 atom stereocenters. The molecule has 0 aromatic heterocycles. The molecule has 4 heteroatoms. The van der Waals surface area contributed by atoms with Crippen molar-refractivity contribution in [1.29, 1.82) is 0 Å². The highest BCUT2D eigenvalue weighted by atomic mass is 79.9. The third-order valence-electron chi connectivity index (χ3n) is 2.10. The minimum absolute atomic E-state index is 0.266. The molecular formula is C9H19BrO2S. The molecular weight excluding hydrogens is 252 g/mol. The van der Waals surface area contributed by atoms with Crippen molar-refractivity contribution in [2.45, 2.75) is 38.4 Å². The lowest BCUT2D eigenvalue weighted by molar-refractivity contribution is 0.564. The summed E-state index contributed by atoms with van der Waals surface area (Å²) in [4.78, 5) is 0.444. The van der Waals surface area contributed by atoms with Gasteiger partial charge in [0.05, 0.1) is 5.75 Å². The first-order chi connectivity index (χ1) is 5.89. The minimum atomic E-state index is -2.76. The smallest absolute Gasteiger partial charge is 0.150 e. The van der Waals surface area contributed by atoms with Crippen LogP contribution in [0.15, 0.2) is 0 Å². The SMILES string of the molecule is CCS(=O)(=O)CCCC(Br)C(C)C. The molecule has 0 aliphatic rings. The molecule has 0 amide bonds. The lowest BCUT2D eigenvalue weighted by Crippen LogP contribution is -2.12. The largest absolute Gasteiger partial charge is 0.229 e. The molecule has 0 aliphatic heterocycles. The molecule has 0 aromatic carbocycles. The predicted molar refractivity (Wildman–Crippen MR) is 61.1 cm³/mol. The summed E-state index contributed by atoms with van der Waals surface area (Å²) in [5.74, 6) is 1.17. The van der Waals surface area contributed by atoms with Crippen LogP contribution in [0.2, 0.25) is 0 Å². The van der Waals surface area contributed by atoms with Crippen LogP contribution in [0.3, 0.4) is 0 Å². The van der Waals surface area contributed by atoms with Gasteiger partial charge in [-0.25, -0.2) is 8.42 Å². The lowest BCUT2D eigenvalue weighted by atomic mass is 10.1. The summed E-state index contributed by atoms with van der Waals surface area (Å²) in [7, 11) is -2.76. The summed E-state index contributed by atoms with van der Waals surface area (Å²) < 4.78 is 22.3. The van der Waals surface area contributed by atoms with Crippen LogP contribution in [0.5, 0.6) is 0 Å². The molecule has 0 rings (SSSR count). The molecule has 0 aliphatic carbocycles. The molecule has 0 radical (unpaired) electrons. The minimum Gasteiger partial charge on any atom is -0.229 e. The summed E-state index contributed by atoms with van der Waals surface area (Å²) in [5.41, 5.74) is 0. The van der Waals surface area contributed by atoms with E-state index in [1.165, 1.54) is 0 Å². The van der Waals surface area contributed by atoms with Gasteiger partial charge >= 0.3 is 0 Å². The van der Waals surface area contributed by atoms with Crippen molar-refractivity contribution in [1.82, 2.24) is 0 Å². The maximum Gasteiger partial charge on any atom is 0.150 e. The predicted octanol–water partition coefficient (Wildman–Crippen LogP) is 2.62. The van der Waals surface area contributed by atoms with Gasteiger partial charge in [0.2, 0.25) is 0 Å². The van der Waals surface area contributed by atoms with Gasteiger partial charge < -0.3 is 0 Å². The molecule has 80 valence electrons. The van der Waals surface area contributed by atoms with Crippen molar-refractivity contribution < 1.29 is 8.42 Å². The van der Waals surface area contributed by atoms with Gasteiger partial charge in [-0.3, -0.25) is 0 Å². The van der Waals surface area contributed by atoms with E-state index in [9.17, 15) is 8.42 Å². The molecule has 0 heterocycles. The van der Waals surface area contributed by atoms with Gasteiger partial charge in [-0.1, -0.05) is 36.7 Å². The fourth-order valence-corrected chi connectivity index (χ4v) is 2.19. The quantitative estimate of drug-likeness (QED) is 0.696. The highest BCUT2D eigenvalue weighted by Gasteiger charge is 2.11. The fraction of sp³-hybridized carbons (Fsp3) is 1.00. The number of halogens is 1. The zero-order chi connectivity index (χ0) is 10.5. The Morgan fingerprint density at radius 2 is 1.85 bits per heavy atom. The van der Waals surface area contributed by atoms with E-state index in [4.69, 9.17) is 0 Å². The average Bonchev–Trinajstić information content (AvgIpc) is 2.04. The van der Waals surface area contributed by atoms with Gasteiger partial charge in [0, 0.05) is 10.6 Å². The van der Waals surface area contributed by atoms with E-state index in [1.54, 1.807) is 6.92 Å². The Morgan fingerprint density at radius 3 is 2.23 bits per heavy atom. The lowest BCUT2D eigenvalue weighted by Gasteiger charge is -2.12. The van der Waals surface area contributed by atoms with Crippen molar-refractivity contribution in [3.05, 3.63) is 0 Å². The van der Waals surface area contributed by atoms with Crippen LogP contribution in [0.1, 0.15) is 33.6 Å². The van der Waals surface area contributed by atoms with Gasteiger partial charge in [-0.2, -0.15) is 0 Å². The second-order valence-electron chi connectivity index (χ2n) is 3.64. The number of rotatable bonds is 6. The molecule has 0 saturated carbocycles. The van der Waals surface area contributed by atoms with Crippen molar-refractivity contribution >= 4 is 25.8 Å². The van der Waals surface area contributed by atoms with E-state index in [2.05, 4.69) is 29.8 Å². The summed E-state index contributed by atoms with van der Waals surface area (Å²) >= 11 is 3.54. The Labute approximate surface area is 90.2 Å². The first-order valence-corrected chi connectivity index (χ1v) is 7.47. The molecule has 0 saturated heterocycles. The van der Waals surface area contributed by atoms with E-state index in [-0.39, 0.29) is 5.75 Å². The van der Waals surface area contributed by atoms with Crippen LogP contribution in [0, 0.1) is 5.92 Å². The van der Waals surface area contributed by atoms with E-state index < -0.39 is 9.84 Å². The van der Waals surface area contributed by atoms with Crippen LogP contribution in [0.4, 0.5) is 0 Å². The second kappa shape index (κ2) is 6.02. The highest BCUT2D eigenvalue weighted by Crippen LogP contribution is 2.17. The summed E-state index contributed by atoms with van der Waals surface area (Å²) in [6.07, 6.45) is 1.71. The van der Waals surface area contributed by atoms with Gasteiger partial charge in [-0.15, -0.1) is 0 Å². The van der Waals surface area contributed by atoms with Crippen LogP contribution in [-0.4, -0.2) is 24.8 Å². The van der Waals surface area contributed by atoms with Crippen molar-refractivity contribution in [3.63, 3.8) is 0 Å². The monoisotopic (exact) mass is 270 g/mol. The Balaban J connectivity index is 3.69. The molecule has 2 nitrogen and oxygen atoms in total. The normalized spacial score (nSPS) is 14.8. The number of sulfone groups is 1. The van der Waals surface area contributed by atoms with E-state index in [1.807, 2.05) is 0 Å². The zero-order valence-electron chi connectivity index (χ0n) is 8.59. The van der Waals surface area contributed by atoms with Crippen molar-refractivity contribution in [3.8, 4) is 0 Å². The molecule has 13 heavy (non-hydrogen) atoms. The van der Waals surface area contributed by atoms with Crippen molar-refractivity contribution in [2.75, 3.05) is 11.5 Å². The Hall–Kier alpha value is 0.430. The maximum absolute atomic E-state index is 11.1. The van der Waals surface area contributed by atoms with Gasteiger partial charge in [-0.05, 0) is 18.8 Å². The zero-order valence-corrected chi connectivity index (χ0v) is 11.0. The fourth-order valence-electron chi connectivity index (χ4n) is 0.976. The van der Waals surface area contributed by atoms with Crippen LogP contribution in [0.25, 0.3) is 0 Å². The Kier molecular flexibility index (Phi) is 6.21. The first-order valence-electron chi connectivity index (χ1n) is 4.73. The maximum atomic E-state index is 11.1. The average molecular weight is 271 g/mol. The van der Waals surface area contributed by atoms with Crippen molar-refractivity contribution in [2.24, 2.45) is 5.92 Å². The van der Waals surface area contributed by atoms with Gasteiger partial charge in [0.15, 0.2) is 0 Å². The van der Waals surface area contributed by atoms with Crippen LogP contribution in [-0.2, 0) is 9.84 Å². The molecule has 0 aromatic rings. The van der Waals surface area contributed by atoms with Gasteiger partial charge in [0.25, 0.3) is 0 Å². The Bertz CT molecular complexity index is 222. The third-order valence-corrected chi connectivity index (χ3v) is 5.40. The van der Waals surface area contributed by atoms with Gasteiger partial charge in [0.1, 0.15) is 9.84 Å². The molecule has 1 unspecified atom stereocenters. The topological polar surface area (TPSA) is 34.1 Å². The summed E-state index contributed by atoms with van der Waals surface area (Å²) in [6.45, 7) is 5.96. The van der Waals surface area contributed by atoms with E-state index >= 15 is 0 Å². The van der Waals surface area contributed by atoms with E-state index in [0.717, 1.165) is 12.8 Å². The number of hydrogen-bond donors (Lipinski definition) is 0. The molecule has 0 N–H and O–H groups in total. The molecule has 0 fully saturated rings. The third kappa shape index (κ3) is 6.49.